The summed E-state index contributed by atoms with van der Waals surface area (Å²) in [5.41, 5.74) is -0.0200. The van der Waals surface area contributed by atoms with E-state index >= 15 is 0 Å². The summed E-state index contributed by atoms with van der Waals surface area (Å²) < 4.78 is 0. The zero-order valence-electron chi connectivity index (χ0n) is 11.9. The molecule has 0 saturated heterocycles. The van der Waals surface area contributed by atoms with Crippen LogP contribution in [0, 0.1) is 0 Å². The maximum absolute atomic E-state index is 11.2. The van der Waals surface area contributed by atoms with Crippen molar-refractivity contribution in [2.45, 2.75) is 11.7 Å². The van der Waals surface area contributed by atoms with Gasteiger partial charge in [-0.15, -0.1) is 0 Å². The third-order valence-corrected chi connectivity index (χ3v) is 3.45. The minimum absolute atomic E-state index is 0.375. The van der Waals surface area contributed by atoms with Gasteiger partial charge in [-0.1, -0.05) is 60.7 Å². The predicted molar refractivity (Wildman–Crippen MR) is 80.4 cm³/mol. The third kappa shape index (κ3) is 2.90. The van der Waals surface area contributed by atoms with Crippen molar-refractivity contribution < 1.29 is 10.2 Å². The fourth-order valence-corrected chi connectivity index (χ4v) is 2.41. The summed E-state index contributed by atoms with van der Waals surface area (Å²) >= 11 is 0. The van der Waals surface area contributed by atoms with Crippen LogP contribution in [0.4, 0.5) is 0 Å². The molecule has 0 heterocycles. The fraction of sp³-hybridized carbons (Fsp3) is 0.294. The Balaban J connectivity index is 2.49. The summed E-state index contributed by atoms with van der Waals surface area (Å²) in [5.74, 6) is 0. The first-order valence-electron chi connectivity index (χ1n) is 6.71. The second-order valence-electron chi connectivity index (χ2n) is 5.28. The average Bonchev–Trinajstić information content (AvgIpc) is 2.47. The Labute approximate surface area is 120 Å². The van der Waals surface area contributed by atoms with Crippen molar-refractivity contribution in [1.29, 1.82) is 0 Å². The Hall–Kier alpha value is -1.68. The van der Waals surface area contributed by atoms with Gasteiger partial charge in [0.25, 0.3) is 0 Å². The van der Waals surface area contributed by atoms with Gasteiger partial charge in [-0.2, -0.15) is 0 Å². The highest BCUT2D eigenvalue weighted by atomic mass is 16.3. The Kier molecular flexibility index (Phi) is 4.55. The molecule has 0 amide bonds. The van der Waals surface area contributed by atoms with E-state index in [0.717, 1.165) is 0 Å². The predicted octanol–water partition coefficient (Wildman–Crippen LogP) is 1.84. The van der Waals surface area contributed by atoms with Gasteiger partial charge in [-0.25, -0.2) is 0 Å². The van der Waals surface area contributed by atoms with Crippen LogP contribution in [0.1, 0.15) is 11.1 Å². The SMILES string of the molecule is CN(C)CC(O)C(O)(c1ccccc1)c1ccccc1. The van der Waals surface area contributed by atoms with Gasteiger partial charge in [0.2, 0.25) is 0 Å². The normalized spacial score (nSPS) is 13.4. The molecule has 2 N–H and O–H groups in total. The first-order valence-corrected chi connectivity index (χ1v) is 6.71. The molecule has 0 aliphatic heterocycles. The highest BCUT2D eigenvalue weighted by Crippen LogP contribution is 2.33. The van der Waals surface area contributed by atoms with E-state index in [9.17, 15) is 10.2 Å². The topological polar surface area (TPSA) is 43.7 Å². The van der Waals surface area contributed by atoms with Gasteiger partial charge in [-0.3, -0.25) is 0 Å². The first-order chi connectivity index (χ1) is 9.55. The van der Waals surface area contributed by atoms with Crippen molar-refractivity contribution in [3.8, 4) is 0 Å². The van der Waals surface area contributed by atoms with E-state index in [1.807, 2.05) is 79.7 Å². The van der Waals surface area contributed by atoms with Crippen molar-refractivity contribution in [2.24, 2.45) is 0 Å². The van der Waals surface area contributed by atoms with Crippen LogP contribution in [-0.2, 0) is 5.60 Å². The van der Waals surface area contributed by atoms with Gasteiger partial charge in [0.15, 0.2) is 0 Å². The zero-order chi connectivity index (χ0) is 14.6. The van der Waals surface area contributed by atoms with Crippen LogP contribution < -0.4 is 0 Å². The molecule has 1 unspecified atom stereocenters. The van der Waals surface area contributed by atoms with Crippen LogP contribution in [0.5, 0.6) is 0 Å². The van der Waals surface area contributed by atoms with Gasteiger partial charge in [0, 0.05) is 6.54 Å². The number of hydrogen-bond acceptors (Lipinski definition) is 3. The van der Waals surface area contributed by atoms with Crippen molar-refractivity contribution in [2.75, 3.05) is 20.6 Å². The zero-order valence-corrected chi connectivity index (χ0v) is 11.9. The molecule has 3 heteroatoms. The molecule has 1 atom stereocenters. The Morgan fingerprint density at radius 3 is 1.65 bits per heavy atom. The molecule has 2 aromatic rings. The van der Waals surface area contributed by atoms with Crippen molar-refractivity contribution in [3.63, 3.8) is 0 Å². The number of nitrogens with zero attached hydrogens (tertiary/aromatic N) is 1. The van der Waals surface area contributed by atoms with Crippen molar-refractivity contribution in [1.82, 2.24) is 4.90 Å². The number of aliphatic hydroxyl groups excluding tert-OH is 1. The standard InChI is InChI=1S/C17H21NO2/c1-18(2)13-16(19)17(20,14-9-5-3-6-10-14)15-11-7-4-8-12-15/h3-12,16,19-20H,13H2,1-2H3. The molecule has 3 nitrogen and oxygen atoms in total. The molecule has 0 spiro atoms. The monoisotopic (exact) mass is 271 g/mol. The second-order valence-corrected chi connectivity index (χ2v) is 5.28. The number of aliphatic hydroxyl groups is 2. The van der Waals surface area contributed by atoms with E-state index in [0.29, 0.717) is 17.7 Å². The van der Waals surface area contributed by atoms with Crippen LogP contribution in [0.25, 0.3) is 0 Å². The molecular weight excluding hydrogens is 250 g/mol. The van der Waals surface area contributed by atoms with Gasteiger partial charge >= 0.3 is 0 Å². The molecule has 0 aliphatic rings. The maximum Gasteiger partial charge on any atom is 0.142 e. The van der Waals surface area contributed by atoms with Gasteiger partial charge < -0.3 is 15.1 Å². The molecule has 0 aliphatic carbocycles. The molecule has 0 aromatic heterocycles. The first kappa shape index (κ1) is 14.7. The van der Waals surface area contributed by atoms with Crippen molar-refractivity contribution >= 4 is 0 Å². The molecule has 106 valence electrons. The highest BCUT2D eigenvalue weighted by Gasteiger charge is 2.39. The molecule has 0 fully saturated rings. The Morgan fingerprint density at radius 2 is 1.30 bits per heavy atom. The maximum atomic E-state index is 11.2. The van der Waals surface area contributed by atoms with Crippen LogP contribution in [0.2, 0.25) is 0 Å². The molecule has 0 saturated carbocycles. The summed E-state index contributed by atoms with van der Waals surface area (Å²) in [4.78, 5) is 1.86. The summed E-state index contributed by atoms with van der Waals surface area (Å²) in [5, 5.41) is 21.7. The summed E-state index contributed by atoms with van der Waals surface area (Å²) in [6.45, 7) is 0.375. The van der Waals surface area contributed by atoms with Gasteiger partial charge in [0.1, 0.15) is 11.7 Å². The molecule has 2 aromatic carbocycles. The van der Waals surface area contributed by atoms with E-state index in [1.54, 1.807) is 0 Å². The lowest BCUT2D eigenvalue weighted by molar-refractivity contribution is -0.0587. The summed E-state index contributed by atoms with van der Waals surface area (Å²) in [6.07, 6.45) is -0.915. The van der Waals surface area contributed by atoms with Crippen LogP contribution >= 0.6 is 0 Å². The van der Waals surface area contributed by atoms with E-state index in [-0.39, 0.29) is 0 Å². The fourth-order valence-electron chi connectivity index (χ4n) is 2.41. The van der Waals surface area contributed by atoms with Crippen LogP contribution in [0.3, 0.4) is 0 Å². The van der Waals surface area contributed by atoms with Crippen LogP contribution in [0.15, 0.2) is 60.7 Å². The summed E-state index contributed by atoms with van der Waals surface area (Å²) in [7, 11) is 3.75. The van der Waals surface area contributed by atoms with Crippen LogP contribution in [-0.4, -0.2) is 41.9 Å². The van der Waals surface area contributed by atoms with E-state index in [4.69, 9.17) is 0 Å². The Bertz CT molecular complexity index is 486. The molecule has 0 bridgehead atoms. The third-order valence-electron chi connectivity index (χ3n) is 3.45. The average molecular weight is 271 g/mol. The van der Waals surface area contributed by atoms with E-state index in [2.05, 4.69) is 0 Å². The van der Waals surface area contributed by atoms with Crippen molar-refractivity contribution in [3.05, 3.63) is 71.8 Å². The molecule has 20 heavy (non-hydrogen) atoms. The number of hydrogen-bond donors (Lipinski definition) is 2. The van der Waals surface area contributed by atoms with Gasteiger partial charge in [-0.05, 0) is 25.2 Å². The minimum Gasteiger partial charge on any atom is -0.388 e. The van der Waals surface area contributed by atoms with E-state index < -0.39 is 11.7 Å². The minimum atomic E-state index is -1.41. The second kappa shape index (κ2) is 6.18. The quantitative estimate of drug-likeness (QED) is 0.872. The molecule has 2 rings (SSSR count). The smallest absolute Gasteiger partial charge is 0.142 e. The Morgan fingerprint density at radius 1 is 0.900 bits per heavy atom. The number of benzene rings is 2. The molecular formula is C17H21NO2. The van der Waals surface area contributed by atoms with E-state index in [1.165, 1.54) is 0 Å². The lowest BCUT2D eigenvalue weighted by atomic mass is 9.81. The largest absolute Gasteiger partial charge is 0.388 e. The summed E-state index contributed by atoms with van der Waals surface area (Å²) in [6, 6.07) is 18.6. The lowest BCUT2D eigenvalue weighted by Gasteiger charge is -2.35. The number of rotatable bonds is 5. The number of likely N-dealkylation sites (N-methyl/N-ethyl adjacent to an activating group) is 1. The highest BCUT2D eigenvalue weighted by molar-refractivity contribution is 5.37. The molecule has 0 radical (unpaired) electrons. The lowest BCUT2D eigenvalue weighted by Crippen LogP contribution is -2.46. The van der Waals surface area contributed by atoms with Gasteiger partial charge in [0.05, 0.1) is 0 Å².